The monoisotopic (exact) mass is 552 g/mol. The Kier molecular flexibility index (Phi) is 7.70. The lowest BCUT2D eigenvalue weighted by Crippen LogP contribution is -2.41. The van der Waals surface area contributed by atoms with Crippen molar-refractivity contribution in [1.82, 2.24) is 15.4 Å². The number of hydrogen-bond acceptors (Lipinski definition) is 7. The van der Waals surface area contributed by atoms with Gasteiger partial charge in [-0.25, -0.2) is 28.3 Å². The molecule has 1 aromatic heterocycles. The number of nitrogens with zero attached hydrogens (tertiary/aromatic N) is 3. The molecule has 0 bridgehead atoms. The summed E-state index contributed by atoms with van der Waals surface area (Å²) in [6, 6.07) is 10.5. The molecule has 38 heavy (non-hydrogen) atoms. The van der Waals surface area contributed by atoms with Crippen LogP contribution in [0.2, 0.25) is 0 Å². The van der Waals surface area contributed by atoms with E-state index in [2.05, 4.69) is 20.3 Å². The van der Waals surface area contributed by atoms with Gasteiger partial charge >= 0.3 is 6.18 Å². The van der Waals surface area contributed by atoms with Crippen molar-refractivity contribution in [2.75, 3.05) is 31.4 Å². The van der Waals surface area contributed by atoms with Gasteiger partial charge < -0.3 is 4.90 Å². The van der Waals surface area contributed by atoms with Gasteiger partial charge in [-0.1, -0.05) is 24.3 Å². The Labute approximate surface area is 216 Å². The van der Waals surface area contributed by atoms with Crippen LogP contribution >= 0.6 is 0 Å². The Hall–Kier alpha value is -3.58. The van der Waals surface area contributed by atoms with Crippen molar-refractivity contribution < 1.29 is 35.6 Å². The molecule has 0 saturated carbocycles. The molecule has 1 amide bonds. The number of piperidine rings is 1. The molecule has 1 fully saturated rings. The smallest absolute Gasteiger partial charge is 0.356 e. The maximum atomic E-state index is 14.0. The number of nitrogens with one attached hydrogen (secondary N) is 1. The van der Waals surface area contributed by atoms with Crippen molar-refractivity contribution in [3.63, 3.8) is 0 Å². The summed E-state index contributed by atoms with van der Waals surface area (Å²) in [5.41, 5.74) is 3.01. The summed E-state index contributed by atoms with van der Waals surface area (Å²) in [7, 11) is -2.24. The summed E-state index contributed by atoms with van der Waals surface area (Å²) in [6.07, 6.45) is -3.19. The molecule has 2 heterocycles. The van der Waals surface area contributed by atoms with Gasteiger partial charge in [-0.2, -0.15) is 13.2 Å². The van der Waals surface area contributed by atoms with E-state index in [-0.39, 0.29) is 46.5 Å². The summed E-state index contributed by atoms with van der Waals surface area (Å²) < 4.78 is 79.4. The zero-order valence-electron chi connectivity index (χ0n) is 20.4. The molecule has 1 aliphatic heterocycles. The molecule has 1 N–H and O–H groups in total. The molecule has 0 spiro atoms. The highest BCUT2D eigenvalue weighted by molar-refractivity contribution is 7.90. The van der Waals surface area contributed by atoms with E-state index in [0.29, 0.717) is 18.4 Å². The maximum absolute atomic E-state index is 14.0. The van der Waals surface area contributed by atoms with Gasteiger partial charge in [0, 0.05) is 30.8 Å². The van der Waals surface area contributed by atoms with Crippen molar-refractivity contribution >= 4 is 21.6 Å². The van der Waals surface area contributed by atoms with Crippen LogP contribution in [0.1, 0.15) is 18.7 Å². The number of rotatable bonds is 6. The van der Waals surface area contributed by atoms with Crippen LogP contribution in [0.25, 0.3) is 22.4 Å². The van der Waals surface area contributed by atoms with Crippen LogP contribution in [0.5, 0.6) is 0 Å². The number of halogens is 4. The molecule has 1 saturated heterocycles. The van der Waals surface area contributed by atoms with Crippen LogP contribution in [-0.2, 0) is 25.6 Å². The summed E-state index contributed by atoms with van der Waals surface area (Å²) >= 11 is 0. The minimum Gasteiger partial charge on any atom is -0.356 e. The predicted molar refractivity (Wildman–Crippen MR) is 131 cm³/mol. The van der Waals surface area contributed by atoms with Crippen LogP contribution in [0.15, 0.2) is 53.4 Å². The molecule has 4 rings (SSSR count). The summed E-state index contributed by atoms with van der Waals surface area (Å²) in [4.78, 5) is 26.2. The average Bonchev–Trinajstić information content (AvgIpc) is 2.88. The first-order valence-corrected chi connectivity index (χ1v) is 13.4. The van der Waals surface area contributed by atoms with Crippen molar-refractivity contribution in [2.45, 2.75) is 23.9 Å². The SMILES string of the molecule is CONC(=O)C1CCN(c2nc(C(F)(F)F)nc(-c3ccc(S(C)(=O)=O)cc3)c2-c2ccc(F)cc2)CC1. The second-order valence-electron chi connectivity index (χ2n) is 8.83. The van der Waals surface area contributed by atoms with E-state index >= 15 is 0 Å². The normalized spacial score (nSPS) is 14.9. The maximum Gasteiger partial charge on any atom is 0.451 e. The fourth-order valence-electron chi connectivity index (χ4n) is 4.29. The Bertz CT molecular complexity index is 1420. The molecule has 0 unspecified atom stereocenters. The number of carbonyl (C=O) groups is 1. The Balaban J connectivity index is 1.89. The van der Waals surface area contributed by atoms with Crippen molar-refractivity contribution in [1.29, 1.82) is 0 Å². The highest BCUT2D eigenvalue weighted by atomic mass is 32.2. The molecule has 1 aliphatic rings. The lowest BCUT2D eigenvalue weighted by atomic mass is 9.94. The summed E-state index contributed by atoms with van der Waals surface area (Å²) in [5, 5.41) is 0. The highest BCUT2D eigenvalue weighted by Gasteiger charge is 2.38. The fraction of sp³-hybridized carbons (Fsp3) is 0.320. The molecule has 0 aliphatic carbocycles. The van der Waals surface area contributed by atoms with Crippen LogP contribution in [0, 0.1) is 11.7 Å². The molecular weight excluding hydrogens is 528 g/mol. The number of hydrogen-bond donors (Lipinski definition) is 1. The summed E-state index contributed by atoms with van der Waals surface area (Å²) in [6.45, 7) is 0.438. The molecule has 13 heteroatoms. The van der Waals surface area contributed by atoms with Crippen LogP contribution in [0.4, 0.5) is 23.4 Å². The number of alkyl halides is 3. The number of benzene rings is 2. The first-order chi connectivity index (χ1) is 17.9. The lowest BCUT2D eigenvalue weighted by Gasteiger charge is -2.34. The Morgan fingerprint density at radius 1 is 1.00 bits per heavy atom. The van der Waals surface area contributed by atoms with Gasteiger partial charge in [-0.05, 0) is 42.7 Å². The van der Waals surface area contributed by atoms with E-state index in [4.69, 9.17) is 0 Å². The molecule has 2 aromatic carbocycles. The van der Waals surface area contributed by atoms with E-state index in [0.717, 1.165) is 6.26 Å². The van der Waals surface area contributed by atoms with E-state index in [9.17, 15) is 30.8 Å². The molecule has 3 aromatic rings. The molecule has 0 atom stereocenters. The third kappa shape index (κ3) is 5.94. The van der Waals surface area contributed by atoms with Gasteiger partial charge in [0.1, 0.15) is 11.6 Å². The van der Waals surface area contributed by atoms with Gasteiger partial charge in [0.05, 0.1) is 23.3 Å². The zero-order chi connectivity index (χ0) is 27.7. The lowest BCUT2D eigenvalue weighted by molar-refractivity contribution is -0.144. The number of carbonyl (C=O) groups excluding carboxylic acids is 1. The van der Waals surface area contributed by atoms with E-state index in [1.54, 1.807) is 4.90 Å². The molecular formula is C25H24F4N4O4S. The first kappa shape index (κ1) is 27.5. The minimum absolute atomic E-state index is 0.00804. The largest absolute Gasteiger partial charge is 0.451 e. The second-order valence-corrected chi connectivity index (χ2v) is 10.8. The third-order valence-electron chi connectivity index (χ3n) is 6.20. The quantitative estimate of drug-likeness (QED) is 0.360. The van der Waals surface area contributed by atoms with Gasteiger partial charge in [0.2, 0.25) is 11.7 Å². The van der Waals surface area contributed by atoms with Gasteiger partial charge in [0.15, 0.2) is 9.84 Å². The average molecular weight is 553 g/mol. The van der Waals surface area contributed by atoms with Crippen LogP contribution in [0.3, 0.4) is 0 Å². The topological polar surface area (TPSA) is 101 Å². The Morgan fingerprint density at radius 2 is 1.58 bits per heavy atom. The molecule has 202 valence electrons. The van der Waals surface area contributed by atoms with Crippen molar-refractivity contribution in [3.05, 3.63) is 60.2 Å². The minimum atomic E-state index is -4.88. The van der Waals surface area contributed by atoms with Crippen molar-refractivity contribution in [3.8, 4) is 22.4 Å². The molecule has 8 nitrogen and oxygen atoms in total. The number of hydroxylamine groups is 1. The van der Waals surface area contributed by atoms with Crippen LogP contribution < -0.4 is 10.4 Å². The van der Waals surface area contributed by atoms with Gasteiger partial charge in [-0.3, -0.25) is 9.63 Å². The fourth-order valence-corrected chi connectivity index (χ4v) is 4.92. The number of sulfone groups is 1. The molecule has 0 radical (unpaired) electrons. The third-order valence-corrected chi connectivity index (χ3v) is 7.33. The zero-order valence-corrected chi connectivity index (χ0v) is 21.2. The van der Waals surface area contributed by atoms with Gasteiger partial charge in [0.25, 0.3) is 0 Å². The van der Waals surface area contributed by atoms with E-state index in [1.165, 1.54) is 55.6 Å². The standard InChI is InChI=1S/C25H24F4N4O4S/c1-37-32-23(34)17-11-13-33(14-12-17)22-20(15-3-7-18(26)8-4-15)21(30-24(31-22)25(27,28)29)16-5-9-19(10-6-16)38(2,35)36/h3-10,17H,11-14H2,1-2H3,(H,32,34). The van der Waals surface area contributed by atoms with Crippen molar-refractivity contribution in [2.24, 2.45) is 5.92 Å². The van der Waals surface area contributed by atoms with E-state index < -0.39 is 33.6 Å². The second kappa shape index (κ2) is 10.7. The van der Waals surface area contributed by atoms with Crippen LogP contribution in [-0.4, -0.2) is 50.7 Å². The first-order valence-electron chi connectivity index (χ1n) is 11.5. The predicted octanol–water partition coefficient (Wildman–Crippen LogP) is 4.27. The van der Waals surface area contributed by atoms with E-state index in [1.807, 2.05) is 0 Å². The van der Waals surface area contributed by atoms with Gasteiger partial charge in [-0.15, -0.1) is 0 Å². The Morgan fingerprint density at radius 3 is 2.11 bits per heavy atom. The number of aromatic nitrogens is 2. The number of amides is 1. The highest BCUT2D eigenvalue weighted by Crippen LogP contribution is 2.41. The summed E-state index contributed by atoms with van der Waals surface area (Å²) in [5.74, 6) is -2.65. The number of anilines is 1.